The number of fused-ring (bicyclic) bond motifs is 1. The number of carbonyl (C=O) groups is 1. The van der Waals surface area contributed by atoms with Gasteiger partial charge in [0.15, 0.2) is 0 Å². The summed E-state index contributed by atoms with van der Waals surface area (Å²) in [6.07, 6.45) is 1.54. The van der Waals surface area contributed by atoms with Crippen molar-refractivity contribution in [3.8, 4) is 11.4 Å². The minimum absolute atomic E-state index is 0.0591. The number of rotatable bonds is 4. The van der Waals surface area contributed by atoms with Gasteiger partial charge in [0.2, 0.25) is 0 Å². The number of pyridine rings is 2. The maximum absolute atomic E-state index is 13.2. The van der Waals surface area contributed by atoms with Gasteiger partial charge < -0.3 is 21.1 Å². The van der Waals surface area contributed by atoms with Crippen LogP contribution < -0.4 is 16.6 Å². The summed E-state index contributed by atoms with van der Waals surface area (Å²) in [6.45, 7) is 7.59. The van der Waals surface area contributed by atoms with Crippen molar-refractivity contribution in [1.29, 1.82) is 0 Å². The Morgan fingerprint density at radius 1 is 1.19 bits per heavy atom. The highest BCUT2D eigenvalue weighted by Crippen LogP contribution is 2.36. The number of amides is 1. The number of aromatic nitrogens is 3. The number of nitrogen functional groups attached to an aromatic ring is 1. The van der Waals surface area contributed by atoms with Gasteiger partial charge in [0.25, 0.3) is 11.5 Å². The Bertz CT molecular complexity index is 1430. The summed E-state index contributed by atoms with van der Waals surface area (Å²) in [7, 11) is 0. The Kier molecular flexibility index (Phi) is 5.22. The van der Waals surface area contributed by atoms with E-state index in [-0.39, 0.29) is 29.2 Å². The molecule has 8 heteroatoms. The van der Waals surface area contributed by atoms with Crippen molar-refractivity contribution in [1.82, 2.24) is 19.9 Å². The number of carbonyl (C=O) groups excluding carboxylic acids is 1. The molecule has 0 aliphatic rings. The van der Waals surface area contributed by atoms with Gasteiger partial charge in [-0.3, -0.25) is 14.2 Å². The molecule has 5 N–H and O–H groups in total. The van der Waals surface area contributed by atoms with Crippen LogP contribution in [0, 0.1) is 27.7 Å². The van der Waals surface area contributed by atoms with Crippen LogP contribution in [-0.2, 0) is 6.54 Å². The van der Waals surface area contributed by atoms with Crippen molar-refractivity contribution in [2.24, 2.45) is 0 Å². The number of H-pyrrole nitrogens is 1. The second kappa shape index (κ2) is 7.88. The molecule has 8 nitrogen and oxygen atoms in total. The van der Waals surface area contributed by atoms with Crippen LogP contribution in [-0.4, -0.2) is 25.5 Å². The Labute approximate surface area is 184 Å². The van der Waals surface area contributed by atoms with E-state index < -0.39 is 5.91 Å². The Morgan fingerprint density at radius 2 is 1.94 bits per heavy atom. The zero-order valence-electron chi connectivity index (χ0n) is 18.4. The van der Waals surface area contributed by atoms with E-state index in [4.69, 9.17) is 10.7 Å². The monoisotopic (exact) mass is 431 g/mol. The van der Waals surface area contributed by atoms with Crippen molar-refractivity contribution in [3.05, 3.63) is 80.4 Å². The summed E-state index contributed by atoms with van der Waals surface area (Å²) < 4.78 is 1.72. The van der Waals surface area contributed by atoms with Crippen LogP contribution in [0.4, 0.5) is 5.82 Å². The molecule has 32 heavy (non-hydrogen) atoms. The van der Waals surface area contributed by atoms with Gasteiger partial charge in [-0.25, -0.2) is 4.98 Å². The lowest BCUT2D eigenvalue weighted by atomic mass is 10.1. The second-order valence-electron chi connectivity index (χ2n) is 7.94. The quantitative estimate of drug-likeness (QED) is 0.395. The number of aromatic hydroxyl groups is 1. The summed E-state index contributed by atoms with van der Waals surface area (Å²) in [5.41, 5.74) is 11.5. The number of benzene rings is 1. The van der Waals surface area contributed by atoms with Crippen LogP contribution in [0.2, 0.25) is 0 Å². The average Bonchev–Trinajstić information content (AvgIpc) is 3.02. The lowest BCUT2D eigenvalue weighted by molar-refractivity contribution is 0.0953. The maximum atomic E-state index is 13.2. The fourth-order valence-electron chi connectivity index (χ4n) is 3.90. The molecule has 0 saturated heterocycles. The lowest BCUT2D eigenvalue weighted by Gasteiger charge is -2.15. The predicted molar refractivity (Wildman–Crippen MR) is 124 cm³/mol. The molecule has 0 radical (unpaired) electrons. The van der Waals surface area contributed by atoms with E-state index in [1.165, 1.54) is 6.20 Å². The van der Waals surface area contributed by atoms with Gasteiger partial charge in [-0.05, 0) is 57.0 Å². The molecular weight excluding hydrogens is 406 g/mol. The van der Waals surface area contributed by atoms with E-state index in [9.17, 15) is 14.7 Å². The van der Waals surface area contributed by atoms with Gasteiger partial charge in [-0.1, -0.05) is 12.1 Å². The fourth-order valence-corrected chi connectivity index (χ4v) is 3.90. The molecule has 1 amide bonds. The first-order valence-electron chi connectivity index (χ1n) is 10.2. The third-order valence-electron chi connectivity index (χ3n) is 5.82. The van der Waals surface area contributed by atoms with Gasteiger partial charge >= 0.3 is 0 Å². The fraction of sp³-hybridized carbons (Fsp3) is 0.208. The van der Waals surface area contributed by atoms with E-state index in [0.717, 1.165) is 16.8 Å². The highest BCUT2D eigenvalue weighted by Gasteiger charge is 2.25. The van der Waals surface area contributed by atoms with Crippen LogP contribution in [0.15, 0.2) is 41.3 Å². The zero-order chi connectivity index (χ0) is 23.2. The molecule has 3 aromatic heterocycles. The molecule has 164 valence electrons. The molecule has 0 aliphatic heterocycles. The first kappa shape index (κ1) is 21.2. The molecule has 4 rings (SSSR count). The van der Waals surface area contributed by atoms with Crippen LogP contribution in [0.25, 0.3) is 16.7 Å². The molecule has 0 spiro atoms. The summed E-state index contributed by atoms with van der Waals surface area (Å²) in [6, 6.07) is 8.67. The van der Waals surface area contributed by atoms with Crippen LogP contribution in [0.1, 0.15) is 38.3 Å². The van der Waals surface area contributed by atoms with Crippen LogP contribution in [0.5, 0.6) is 5.75 Å². The molecule has 0 aliphatic carbocycles. The zero-order valence-corrected chi connectivity index (χ0v) is 18.4. The first-order chi connectivity index (χ1) is 15.2. The third-order valence-corrected chi connectivity index (χ3v) is 5.82. The Balaban J connectivity index is 1.91. The van der Waals surface area contributed by atoms with Gasteiger partial charge in [0.1, 0.15) is 17.2 Å². The topological polar surface area (TPSA) is 126 Å². The number of phenols is 1. The highest BCUT2D eigenvalue weighted by atomic mass is 16.3. The van der Waals surface area contributed by atoms with Gasteiger partial charge in [-0.2, -0.15) is 0 Å². The molecule has 0 atom stereocenters. The van der Waals surface area contributed by atoms with Crippen molar-refractivity contribution in [3.63, 3.8) is 0 Å². The van der Waals surface area contributed by atoms with Crippen molar-refractivity contribution < 1.29 is 9.90 Å². The number of nitrogens with two attached hydrogens (primary N) is 1. The van der Waals surface area contributed by atoms with E-state index in [0.29, 0.717) is 27.8 Å². The Morgan fingerprint density at radius 3 is 2.66 bits per heavy atom. The largest absolute Gasteiger partial charge is 0.508 e. The number of phenolic OH excluding ortho intramolecular Hbond substituents is 1. The van der Waals surface area contributed by atoms with Crippen LogP contribution >= 0.6 is 0 Å². The SMILES string of the molecule is Cc1cc2c(C(=O)NCc3ccc[nH]c3=O)c(N)n(-c3c(C)ccc(O)c3C)c2nc1C. The van der Waals surface area contributed by atoms with E-state index in [1.54, 1.807) is 35.8 Å². The van der Waals surface area contributed by atoms with Gasteiger partial charge in [-0.15, -0.1) is 0 Å². The molecular formula is C24H25N5O3. The van der Waals surface area contributed by atoms with Gasteiger partial charge in [0.05, 0.1) is 11.3 Å². The summed E-state index contributed by atoms with van der Waals surface area (Å²) in [4.78, 5) is 32.5. The van der Waals surface area contributed by atoms with Crippen molar-refractivity contribution in [2.45, 2.75) is 34.2 Å². The summed E-state index contributed by atoms with van der Waals surface area (Å²) >= 11 is 0. The van der Waals surface area contributed by atoms with Crippen molar-refractivity contribution in [2.75, 3.05) is 5.73 Å². The number of aromatic amines is 1. The molecule has 0 bridgehead atoms. The standard InChI is InChI=1S/C24H25N5O3/c1-12-7-8-18(30)14(3)20(12)29-21(25)19(17-10-13(2)15(4)28-22(17)29)24(32)27-11-16-6-5-9-26-23(16)31/h5-10,30H,11,25H2,1-4H3,(H,26,31)(H,27,32). The van der Waals surface area contributed by atoms with Gasteiger partial charge in [0, 0.05) is 34.9 Å². The molecule has 1 aromatic carbocycles. The van der Waals surface area contributed by atoms with E-state index in [2.05, 4.69) is 10.3 Å². The summed E-state index contributed by atoms with van der Waals surface area (Å²) in [5.74, 6) is -0.0613. The molecule has 0 saturated carbocycles. The molecule has 3 heterocycles. The number of aryl methyl sites for hydroxylation is 3. The molecule has 4 aromatic rings. The highest BCUT2D eigenvalue weighted by molar-refractivity contribution is 6.11. The van der Waals surface area contributed by atoms with E-state index >= 15 is 0 Å². The molecule has 0 unspecified atom stereocenters. The number of hydrogen-bond acceptors (Lipinski definition) is 5. The number of hydrogen-bond donors (Lipinski definition) is 4. The maximum Gasteiger partial charge on any atom is 0.255 e. The van der Waals surface area contributed by atoms with E-state index in [1.807, 2.05) is 26.8 Å². The minimum Gasteiger partial charge on any atom is -0.508 e. The molecule has 0 fully saturated rings. The average molecular weight is 431 g/mol. The van der Waals surface area contributed by atoms with Crippen molar-refractivity contribution >= 4 is 22.8 Å². The lowest BCUT2D eigenvalue weighted by Crippen LogP contribution is -2.27. The van der Waals surface area contributed by atoms with Crippen LogP contribution in [0.3, 0.4) is 0 Å². The summed E-state index contributed by atoms with van der Waals surface area (Å²) in [5, 5.41) is 13.7. The third kappa shape index (κ3) is 3.39. The smallest absolute Gasteiger partial charge is 0.255 e. The first-order valence-corrected chi connectivity index (χ1v) is 10.2. The number of nitrogens with zero attached hydrogens (tertiary/aromatic N) is 2. The Hall–Kier alpha value is -4.07. The number of anilines is 1. The normalized spacial score (nSPS) is 11.1. The minimum atomic E-state index is -0.407. The number of nitrogens with one attached hydrogen (secondary N) is 2. The second-order valence-corrected chi connectivity index (χ2v) is 7.94. The predicted octanol–water partition coefficient (Wildman–Crippen LogP) is 3.17.